The largest absolute Gasteiger partial charge is 0.508 e. The summed E-state index contributed by atoms with van der Waals surface area (Å²) in [7, 11) is 0. The highest BCUT2D eigenvalue weighted by Gasteiger charge is 2.39. The van der Waals surface area contributed by atoms with Crippen molar-refractivity contribution in [3.8, 4) is 5.75 Å². The predicted molar refractivity (Wildman–Crippen MR) is 71.1 cm³/mol. The Morgan fingerprint density at radius 1 is 1.06 bits per heavy atom. The number of hydrogen-bond donors (Lipinski definition) is 1. The lowest BCUT2D eigenvalue weighted by molar-refractivity contribution is 0.317. The van der Waals surface area contributed by atoms with Crippen molar-refractivity contribution in [3.05, 3.63) is 27.7 Å². The summed E-state index contributed by atoms with van der Waals surface area (Å²) in [4.78, 5) is 0. The topological polar surface area (TPSA) is 20.2 Å². The summed E-state index contributed by atoms with van der Waals surface area (Å²) in [6, 6.07) is 3.97. The van der Waals surface area contributed by atoms with Crippen molar-refractivity contribution in [2.45, 2.75) is 51.4 Å². The fraction of sp³-hybridized carbons (Fsp3) is 0.571. The summed E-state index contributed by atoms with van der Waals surface area (Å²) < 4.78 is 0.967. The van der Waals surface area contributed by atoms with Crippen LogP contribution in [0.15, 0.2) is 16.6 Å². The minimum absolute atomic E-state index is 0.0790. The van der Waals surface area contributed by atoms with Gasteiger partial charge in [-0.1, -0.05) is 43.6 Å². The van der Waals surface area contributed by atoms with Crippen molar-refractivity contribution in [2.24, 2.45) is 0 Å². The Morgan fingerprint density at radius 2 is 1.62 bits per heavy atom. The van der Waals surface area contributed by atoms with Crippen molar-refractivity contribution >= 4 is 15.9 Å². The molecule has 1 aromatic rings. The minimum Gasteiger partial charge on any atom is -0.508 e. The van der Waals surface area contributed by atoms with Gasteiger partial charge in [-0.15, -0.1) is 0 Å². The third-order valence-corrected chi connectivity index (χ3v) is 4.32. The van der Waals surface area contributed by atoms with Crippen LogP contribution in [0.2, 0.25) is 0 Å². The Balaban J connectivity index is 2.74. The van der Waals surface area contributed by atoms with Gasteiger partial charge in [0.1, 0.15) is 5.75 Å². The van der Waals surface area contributed by atoms with Gasteiger partial charge in [0.05, 0.1) is 0 Å². The van der Waals surface area contributed by atoms with E-state index in [1.807, 2.05) is 6.07 Å². The first-order chi connectivity index (χ1) is 7.24. The van der Waals surface area contributed by atoms with Crippen molar-refractivity contribution in [1.29, 1.82) is 0 Å². The van der Waals surface area contributed by atoms with Crippen molar-refractivity contribution in [2.75, 3.05) is 0 Å². The second-order valence-corrected chi connectivity index (χ2v) is 7.03. The summed E-state index contributed by atoms with van der Waals surface area (Å²) >= 11 is 3.47. The third kappa shape index (κ3) is 1.77. The molecule has 0 saturated carbocycles. The van der Waals surface area contributed by atoms with Crippen LogP contribution < -0.4 is 0 Å². The second-order valence-electron chi connectivity index (χ2n) is 6.12. The number of phenols is 1. The van der Waals surface area contributed by atoms with Gasteiger partial charge >= 0.3 is 0 Å². The Bertz CT molecular complexity index is 433. The Morgan fingerprint density at radius 3 is 2.25 bits per heavy atom. The number of halogens is 1. The number of fused-ring (bicyclic) bond motifs is 1. The number of hydrogen-bond acceptors (Lipinski definition) is 1. The SMILES string of the molecule is CC1(C)CCC(C)(C)c2c(O)cc(Br)cc21. The molecule has 0 amide bonds. The molecule has 0 unspecified atom stereocenters. The van der Waals surface area contributed by atoms with Crippen LogP contribution in [-0.4, -0.2) is 5.11 Å². The molecular formula is C14H19BrO. The molecule has 0 aromatic heterocycles. The molecule has 1 aromatic carbocycles. The van der Waals surface area contributed by atoms with E-state index in [0.717, 1.165) is 16.5 Å². The van der Waals surface area contributed by atoms with Crippen LogP contribution in [0.5, 0.6) is 5.75 Å². The first kappa shape index (κ1) is 12.0. The fourth-order valence-electron chi connectivity index (χ4n) is 2.72. The van der Waals surface area contributed by atoms with E-state index in [9.17, 15) is 5.11 Å². The number of aromatic hydroxyl groups is 1. The second kappa shape index (κ2) is 3.49. The summed E-state index contributed by atoms with van der Waals surface area (Å²) in [6.45, 7) is 8.95. The lowest BCUT2D eigenvalue weighted by Crippen LogP contribution is -2.33. The Kier molecular flexibility index (Phi) is 2.61. The number of phenolic OH excluding ortho intramolecular Hbond substituents is 1. The van der Waals surface area contributed by atoms with E-state index in [1.165, 1.54) is 12.0 Å². The van der Waals surface area contributed by atoms with Crippen LogP contribution in [-0.2, 0) is 10.8 Å². The normalized spacial score (nSPS) is 21.6. The maximum absolute atomic E-state index is 10.2. The van der Waals surface area contributed by atoms with Gasteiger partial charge in [0.25, 0.3) is 0 Å². The van der Waals surface area contributed by atoms with Crippen molar-refractivity contribution in [3.63, 3.8) is 0 Å². The van der Waals surface area contributed by atoms with Gasteiger partial charge in [-0.25, -0.2) is 0 Å². The summed E-state index contributed by atoms with van der Waals surface area (Å²) in [5, 5.41) is 10.2. The van der Waals surface area contributed by atoms with E-state index in [-0.39, 0.29) is 10.8 Å². The molecule has 2 rings (SSSR count). The molecule has 0 heterocycles. The first-order valence-electron chi connectivity index (χ1n) is 5.77. The third-order valence-electron chi connectivity index (χ3n) is 3.86. The van der Waals surface area contributed by atoms with E-state index in [0.29, 0.717) is 5.75 Å². The lowest BCUT2D eigenvalue weighted by Gasteiger charge is -2.42. The van der Waals surface area contributed by atoms with Crippen LogP contribution in [0.4, 0.5) is 0 Å². The molecule has 1 aliphatic rings. The maximum atomic E-state index is 10.2. The molecular weight excluding hydrogens is 264 g/mol. The minimum atomic E-state index is 0.0790. The quantitative estimate of drug-likeness (QED) is 0.743. The molecule has 1 nitrogen and oxygen atoms in total. The van der Waals surface area contributed by atoms with Gasteiger partial charge in [-0.05, 0) is 41.4 Å². The van der Waals surface area contributed by atoms with Crippen LogP contribution >= 0.6 is 15.9 Å². The fourth-order valence-corrected chi connectivity index (χ4v) is 3.17. The van der Waals surface area contributed by atoms with E-state index < -0.39 is 0 Å². The van der Waals surface area contributed by atoms with Gasteiger partial charge in [0, 0.05) is 10.0 Å². The van der Waals surface area contributed by atoms with Crippen LogP contribution in [0.1, 0.15) is 51.7 Å². The van der Waals surface area contributed by atoms with Crippen molar-refractivity contribution in [1.82, 2.24) is 0 Å². The molecule has 1 aliphatic carbocycles. The molecule has 1 N–H and O–H groups in total. The monoisotopic (exact) mass is 282 g/mol. The van der Waals surface area contributed by atoms with E-state index >= 15 is 0 Å². The number of rotatable bonds is 0. The molecule has 0 saturated heterocycles. The van der Waals surface area contributed by atoms with E-state index in [4.69, 9.17) is 0 Å². The van der Waals surface area contributed by atoms with Crippen LogP contribution in [0.3, 0.4) is 0 Å². The summed E-state index contributed by atoms with van der Waals surface area (Å²) in [5.41, 5.74) is 2.66. The molecule has 16 heavy (non-hydrogen) atoms. The average molecular weight is 283 g/mol. The Hall–Kier alpha value is -0.500. The molecule has 0 atom stereocenters. The molecule has 88 valence electrons. The zero-order valence-corrected chi connectivity index (χ0v) is 12.0. The Labute approximate surface area is 106 Å². The highest BCUT2D eigenvalue weighted by molar-refractivity contribution is 9.10. The maximum Gasteiger partial charge on any atom is 0.120 e. The lowest BCUT2D eigenvalue weighted by atomic mass is 9.63. The molecule has 0 spiro atoms. The zero-order valence-electron chi connectivity index (χ0n) is 10.4. The number of benzene rings is 1. The van der Waals surface area contributed by atoms with Crippen molar-refractivity contribution < 1.29 is 5.11 Å². The first-order valence-corrected chi connectivity index (χ1v) is 6.57. The van der Waals surface area contributed by atoms with Crippen LogP contribution in [0, 0.1) is 0 Å². The smallest absolute Gasteiger partial charge is 0.120 e. The van der Waals surface area contributed by atoms with Gasteiger partial charge < -0.3 is 5.11 Å². The molecule has 2 heteroatoms. The summed E-state index contributed by atoms with van der Waals surface area (Å²) in [5.74, 6) is 0.433. The standard InChI is InChI=1S/C14H19BrO/c1-13(2)5-6-14(3,4)12-10(13)7-9(15)8-11(12)16/h7-8,16H,5-6H2,1-4H3. The highest BCUT2D eigenvalue weighted by atomic mass is 79.9. The van der Waals surface area contributed by atoms with Gasteiger partial charge in [-0.2, -0.15) is 0 Å². The highest BCUT2D eigenvalue weighted by Crippen LogP contribution is 2.49. The average Bonchev–Trinajstić information content (AvgIpc) is 2.11. The van der Waals surface area contributed by atoms with Gasteiger partial charge in [0.2, 0.25) is 0 Å². The molecule has 0 aliphatic heterocycles. The predicted octanol–water partition coefficient (Wildman–Crippen LogP) is 4.50. The summed E-state index contributed by atoms with van der Waals surface area (Å²) in [6.07, 6.45) is 2.30. The van der Waals surface area contributed by atoms with E-state index in [1.54, 1.807) is 0 Å². The molecule has 0 radical (unpaired) electrons. The van der Waals surface area contributed by atoms with Crippen LogP contribution in [0.25, 0.3) is 0 Å². The van der Waals surface area contributed by atoms with Gasteiger partial charge in [-0.3, -0.25) is 0 Å². The zero-order chi connectivity index (χ0) is 12.1. The van der Waals surface area contributed by atoms with E-state index in [2.05, 4.69) is 49.7 Å². The molecule has 0 fully saturated rings. The molecule has 0 bridgehead atoms. The van der Waals surface area contributed by atoms with Gasteiger partial charge in [0.15, 0.2) is 0 Å².